The van der Waals surface area contributed by atoms with E-state index in [1.165, 1.54) is 0 Å². The number of nitrogens with two attached hydrogens (primary N) is 2. The van der Waals surface area contributed by atoms with Crippen LogP contribution in [0.5, 0.6) is 0 Å². The maximum atomic E-state index is 10.0. The first kappa shape index (κ1) is 19.7. The third kappa shape index (κ3) is 19.5. The molecule has 7 heteroatoms. The Morgan fingerprint density at radius 3 is 0.923 bits per heavy atom. The molecule has 0 spiro atoms. The van der Waals surface area contributed by atoms with Crippen LogP contribution in [0.3, 0.4) is 0 Å². The first-order valence-corrected chi connectivity index (χ1v) is 17.8. The molecule has 0 rings (SSSR count). The summed E-state index contributed by atoms with van der Waals surface area (Å²) in [6, 6.07) is 0. The number of carbonyl (C=O) groups excluding carboxylic acids is 2. The summed E-state index contributed by atoms with van der Waals surface area (Å²) < 4.78 is -0.0881. The third-order valence-electron chi connectivity index (χ3n) is 0.986. The second-order valence-electron chi connectivity index (χ2n) is 2.73. The molecule has 0 unspecified atom stereocenters. The van der Waals surface area contributed by atoms with Crippen molar-refractivity contribution in [2.75, 3.05) is 0 Å². The van der Waals surface area contributed by atoms with Gasteiger partial charge in [-0.25, -0.2) is 0 Å². The normalized spacial score (nSPS) is 8.46. The summed E-state index contributed by atoms with van der Waals surface area (Å²) in [4.78, 5) is 27.9. The summed E-state index contributed by atoms with van der Waals surface area (Å²) in [6.45, 7) is 0. The van der Waals surface area contributed by atoms with Crippen LogP contribution in [0.15, 0.2) is 0 Å². The summed E-state index contributed by atoms with van der Waals surface area (Å²) in [5.41, 5.74) is 9.77. The molecule has 13 heavy (non-hydrogen) atoms. The van der Waals surface area contributed by atoms with Gasteiger partial charge in [0, 0.05) is 0 Å². The quantitative estimate of drug-likeness (QED) is 0.655. The average molecular weight is 394 g/mol. The number of rotatable bonds is 2. The molecule has 2 radical (unpaired) electrons. The van der Waals surface area contributed by atoms with Crippen LogP contribution in [0.1, 0.15) is 0 Å². The van der Waals surface area contributed by atoms with Gasteiger partial charge in [-0.3, -0.25) is 0 Å². The summed E-state index contributed by atoms with van der Waals surface area (Å²) >= 11 is -3.12. The standard InChI is InChI=1S/2CH2NO.4CH3.Li.2Sn.H/c2*2-1-3;;;;;;;;/h2*(H2,2,3);4*1H3;;;;. The van der Waals surface area contributed by atoms with Gasteiger partial charge in [0.1, 0.15) is 0 Å². The fraction of sp³-hybridized carbons (Fsp3) is 0.667. The molecule has 0 heterocycles. The van der Waals surface area contributed by atoms with Crippen molar-refractivity contribution in [2.45, 2.75) is 19.8 Å². The molecule has 0 aliphatic carbocycles. The summed E-state index contributed by atoms with van der Waals surface area (Å²) in [7, 11) is 0. The monoisotopic (exact) mass is 396 g/mol. The number of hydrogen-bond donors (Lipinski definition) is 2. The van der Waals surface area contributed by atoms with Crippen LogP contribution in [0.2, 0.25) is 19.8 Å². The zero-order chi connectivity index (χ0) is 10.3. The van der Waals surface area contributed by atoms with Crippen LogP contribution in [0, 0.1) is 0 Å². The zero-order valence-electron chi connectivity index (χ0n) is 7.97. The molecule has 4 N–H and O–H groups in total. The van der Waals surface area contributed by atoms with E-state index < -0.39 is 39.5 Å². The second-order valence-corrected chi connectivity index (χ2v) is 17.0. The van der Waals surface area contributed by atoms with Gasteiger partial charge in [0.05, 0.1) is 0 Å². The molecule has 0 fully saturated rings. The molecule has 0 aliphatic rings. The Kier molecular flexibility index (Phi) is 17.0. The minimum atomic E-state index is -1.56. The molecule has 0 aromatic heterocycles. The van der Waals surface area contributed by atoms with Crippen molar-refractivity contribution in [2.24, 2.45) is 11.5 Å². The van der Waals surface area contributed by atoms with Crippen molar-refractivity contribution in [1.82, 2.24) is 0 Å². The Labute approximate surface area is 106 Å². The topological polar surface area (TPSA) is 86.2 Å². The number of hydrogen-bond acceptors (Lipinski definition) is 2. The molecule has 0 saturated carbocycles. The number of primary amides is 2. The van der Waals surface area contributed by atoms with E-state index in [1.54, 1.807) is 0 Å². The summed E-state index contributed by atoms with van der Waals surface area (Å²) in [5.74, 6) is 0. The van der Waals surface area contributed by atoms with Gasteiger partial charge in [-0.1, -0.05) is 0 Å². The SMILES string of the molecule is [CH3][Sn]([CH3])[C](N)=O.[CH3][Sn]([CH3])[C](N)=O.[LiH]. The Bertz CT molecular complexity index is 147. The number of carbonyl (C=O) groups is 2. The van der Waals surface area contributed by atoms with Crippen LogP contribution in [0.4, 0.5) is 9.59 Å². The molecular weight excluding hydrogens is 376 g/mol. The van der Waals surface area contributed by atoms with Gasteiger partial charge in [-0.2, -0.15) is 0 Å². The van der Waals surface area contributed by atoms with Gasteiger partial charge < -0.3 is 0 Å². The maximum absolute atomic E-state index is 10.0. The van der Waals surface area contributed by atoms with E-state index in [9.17, 15) is 9.59 Å². The van der Waals surface area contributed by atoms with E-state index in [2.05, 4.69) is 0 Å². The Morgan fingerprint density at radius 2 is 0.923 bits per heavy atom. The van der Waals surface area contributed by atoms with Crippen molar-refractivity contribution in [3.8, 4) is 0 Å². The van der Waals surface area contributed by atoms with Crippen molar-refractivity contribution < 1.29 is 9.59 Å². The van der Waals surface area contributed by atoms with Crippen molar-refractivity contribution >= 4 is 66.2 Å². The minimum absolute atomic E-state index is 0. The van der Waals surface area contributed by atoms with E-state index in [0.717, 1.165) is 0 Å². The molecule has 2 amide bonds. The van der Waals surface area contributed by atoms with Gasteiger partial charge in [0.15, 0.2) is 0 Å². The first-order valence-electron chi connectivity index (χ1n) is 3.49. The molecular formula is C6H17LiN2O2Sn2. The van der Waals surface area contributed by atoms with Gasteiger partial charge >= 0.3 is 107 Å². The molecule has 0 aromatic carbocycles. The molecule has 0 saturated heterocycles. The Hall–Kier alpha value is 1.13. The van der Waals surface area contributed by atoms with E-state index >= 15 is 0 Å². The molecule has 0 aliphatic heterocycles. The second kappa shape index (κ2) is 11.2. The van der Waals surface area contributed by atoms with Gasteiger partial charge in [-0.15, -0.1) is 0 Å². The van der Waals surface area contributed by atoms with E-state index in [-0.39, 0.29) is 26.7 Å². The summed E-state index contributed by atoms with van der Waals surface area (Å²) in [5, 5.41) is 0. The van der Waals surface area contributed by atoms with Gasteiger partial charge in [0.25, 0.3) is 0 Å². The van der Waals surface area contributed by atoms with Crippen molar-refractivity contribution in [1.29, 1.82) is 0 Å². The van der Waals surface area contributed by atoms with Crippen LogP contribution < -0.4 is 11.5 Å². The number of amides is 2. The van der Waals surface area contributed by atoms with Crippen LogP contribution in [0.25, 0.3) is 0 Å². The van der Waals surface area contributed by atoms with E-state index in [4.69, 9.17) is 11.5 Å². The zero-order valence-corrected chi connectivity index (χ0v) is 13.7. The predicted octanol–water partition coefficient (Wildman–Crippen LogP) is 0.154. The molecule has 0 atom stereocenters. The van der Waals surface area contributed by atoms with Gasteiger partial charge in [-0.05, 0) is 0 Å². The van der Waals surface area contributed by atoms with E-state index in [1.807, 2.05) is 19.8 Å². The third-order valence-corrected chi connectivity index (χ3v) is 6.61. The fourth-order valence-electron chi connectivity index (χ4n) is 0. The van der Waals surface area contributed by atoms with Crippen molar-refractivity contribution in [3.63, 3.8) is 0 Å². The Balaban J connectivity index is -0.000000143. The fourth-order valence-corrected chi connectivity index (χ4v) is 0. The van der Waals surface area contributed by atoms with Crippen LogP contribution >= 0.6 is 0 Å². The Morgan fingerprint density at radius 1 is 0.846 bits per heavy atom. The summed E-state index contributed by atoms with van der Waals surface area (Å²) in [6.07, 6.45) is 0. The van der Waals surface area contributed by atoms with Crippen LogP contribution in [-0.4, -0.2) is 66.2 Å². The molecule has 0 bridgehead atoms. The van der Waals surface area contributed by atoms with Crippen molar-refractivity contribution in [3.05, 3.63) is 0 Å². The molecule has 4 nitrogen and oxygen atoms in total. The molecule has 72 valence electrons. The van der Waals surface area contributed by atoms with E-state index in [0.29, 0.717) is 0 Å². The average Bonchev–Trinajstić information content (AvgIpc) is 1.88. The molecule has 0 aromatic rings. The first-order chi connectivity index (χ1) is 5.29. The predicted molar refractivity (Wildman–Crippen MR) is 61.3 cm³/mol. The van der Waals surface area contributed by atoms with Gasteiger partial charge in [0.2, 0.25) is 0 Å². The van der Waals surface area contributed by atoms with Crippen LogP contribution in [-0.2, 0) is 0 Å².